The molecule has 0 spiro atoms. The van der Waals surface area contributed by atoms with Gasteiger partial charge in [-0.25, -0.2) is 4.18 Å². The third kappa shape index (κ3) is 0.669. The van der Waals surface area contributed by atoms with Crippen LogP contribution in [-0.2, 0) is 4.18 Å². The highest BCUT2D eigenvalue weighted by atomic mass is 32.3. The van der Waals surface area contributed by atoms with Gasteiger partial charge in [0.15, 0.2) is 10.9 Å². The third-order valence-electron chi connectivity index (χ3n) is 0.894. The molecule has 1 aliphatic heterocycles. The summed E-state index contributed by atoms with van der Waals surface area (Å²) in [6.45, 7) is 0. The van der Waals surface area contributed by atoms with Crippen LogP contribution in [0.5, 0.6) is 0 Å². The second-order valence-corrected chi connectivity index (χ2v) is 3.29. The van der Waals surface area contributed by atoms with E-state index in [0.717, 1.165) is 0 Å². The number of hydrogen-bond donors (Lipinski definition) is 2. The summed E-state index contributed by atoms with van der Waals surface area (Å²) < 4.78 is 65.4. The van der Waals surface area contributed by atoms with Crippen molar-refractivity contribution in [1.29, 1.82) is 0 Å². The van der Waals surface area contributed by atoms with E-state index < -0.39 is 22.2 Å². The van der Waals surface area contributed by atoms with Crippen molar-refractivity contribution in [1.82, 2.24) is 0 Å². The second-order valence-electron chi connectivity index (χ2n) is 1.61. The number of hydrogen-bond acceptors (Lipinski definition) is 3. The maximum atomic E-state index is 11.8. The minimum absolute atomic E-state index is 2.84. The van der Waals surface area contributed by atoms with Gasteiger partial charge in [-0.2, -0.15) is 17.6 Å². The average molecular weight is 182 g/mol. The normalized spacial score (nSPS) is 36.2. The van der Waals surface area contributed by atoms with Crippen LogP contribution in [-0.4, -0.2) is 20.5 Å². The van der Waals surface area contributed by atoms with E-state index in [4.69, 9.17) is 9.11 Å². The van der Waals surface area contributed by atoms with Crippen LogP contribution >= 0.6 is 10.9 Å². The average Bonchev–Trinajstić information content (AvgIpc) is 1.61. The predicted molar refractivity (Wildman–Crippen MR) is 23.8 cm³/mol. The van der Waals surface area contributed by atoms with Crippen molar-refractivity contribution in [2.75, 3.05) is 0 Å². The molecule has 3 nitrogen and oxygen atoms in total. The van der Waals surface area contributed by atoms with Gasteiger partial charge in [0.1, 0.15) is 0 Å². The van der Waals surface area contributed by atoms with Crippen molar-refractivity contribution in [2.45, 2.75) is 11.4 Å². The first-order chi connectivity index (χ1) is 4.21. The summed E-state index contributed by atoms with van der Waals surface area (Å²) in [7, 11) is -4.85. The quantitative estimate of drug-likeness (QED) is 0.562. The molecule has 62 valence electrons. The van der Waals surface area contributed by atoms with Crippen LogP contribution in [0.25, 0.3) is 0 Å². The highest BCUT2D eigenvalue weighted by Crippen LogP contribution is 2.73. The Hall–Kier alpha value is -0.0500. The van der Waals surface area contributed by atoms with E-state index in [2.05, 4.69) is 4.18 Å². The van der Waals surface area contributed by atoms with E-state index in [1.54, 1.807) is 0 Å². The summed E-state index contributed by atoms with van der Waals surface area (Å²) in [5, 5.41) is -4.85. The minimum Gasteiger partial charge on any atom is -0.303 e. The van der Waals surface area contributed by atoms with Crippen LogP contribution in [0.1, 0.15) is 0 Å². The summed E-state index contributed by atoms with van der Waals surface area (Å²) in [4.78, 5) is 0. The van der Waals surface area contributed by atoms with Gasteiger partial charge in [0, 0.05) is 0 Å². The van der Waals surface area contributed by atoms with E-state index in [1.807, 2.05) is 0 Å². The van der Waals surface area contributed by atoms with E-state index in [9.17, 15) is 17.6 Å². The van der Waals surface area contributed by atoms with Crippen LogP contribution in [0.4, 0.5) is 17.6 Å². The molecule has 1 aliphatic rings. The van der Waals surface area contributed by atoms with Gasteiger partial charge in [0.25, 0.3) is 0 Å². The molecule has 1 fully saturated rings. The number of rotatable bonds is 0. The van der Waals surface area contributed by atoms with E-state index in [-0.39, 0.29) is 0 Å². The number of alkyl halides is 4. The molecular formula is C2H2F4O3S. The van der Waals surface area contributed by atoms with Crippen molar-refractivity contribution < 1.29 is 30.9 Å². The molecule has 0 aromatic heterocycles. The molecule has 1 saturated heterocycles. The lowest BCUT2D eigenvalue weighted by atomic mass is 10.6. The molecule has 0 aromatic rings. The van der Waals surface area contributed by atoms with Crippen LogP contribution in [0.15, 0.2) is 0 Å². The van der Waals surface area contributed by atoms with Gasteiger partial charge in [0.2, 0.25) is 0 Å². The first-order valence-electron chi connectivity index (χ1n) is 1.95. The van der Waals surface area contributed by atoms with E-state index in [0.29, 0.717) is 0 Å². The summed E-state index contributed by atoms with van der Waals surface area (Å²) >= 11 is 0. The Bertz CT molecular complexity index is 152. The fourth-order valence-corrected chi connectivity index (χ4v) is 1.10. The molecule has 2 N–H and O–H groups in total. The van der Waals surface area contributed by atoms with Crippen molar-refractivity contribution in [2.24, 2.45) is 0 Å². The highest BCUT2D eigenvalue weighted by molar-refractivity contribution is 8.22. The van der Waals surface area contributed by atoms with Crippen molar-refractivity contribution in [3.05, 3.63) is 0 Å². The molecule has 0 aliphatic carbocycles. The zero-order valence-electron chi connectivity index (χ0n) is 4.22. The SMILES string of the molecule is OS1(O)OC(F)(F)C1(F)F. The van der Waals surface area contributed by atoms with Crippen molar-refractivity contribution in [3.63, 3.8) is 0 Å². The first kappa shape index (κ1) is 8.05. The lowest BCUT2D eigenvalue weighted by Gasteiger charge is -2.47. The molecule has 10 heavy (non-hydrogen) atoms. The molecule has 0 saturated carbocycles. The monoisotopic (exact) mass is 182 g/mol. The molecular weight excluding hydrogens is 180 g/mol. The molecule has 0 unspecified atom stereocenters. The maximum Gasteiger partial charge on any atom is 0.447 e. The maximum absolute atomic E-state index is 11.8. The highest BCUT2D eigenvalue weighted by Gasteiger charge is 2.81. The molecule has 0 bridgehead atoms. The van der Waals surface area contributed by atoms with Crippen molar-refractivity contribution in [3.8, 4) is 0 Å². The smallest absolute Gasteiger partial charge is 0.303 e. The Morgan fingerprint density at radius 1 is 1.10 bits per heavy atom. The van der Waals surface area contributed by atoms with Crippen molar-refractivity contribution >= 4 is 10.9 Å². The zero-order valence-corrected chi connectivity index (χ0v) is 5.04. The standard InChI is InChI=1S/C2H2F4O3S/c3-1(4)2(5,6)10(7,8)9-1/h7-8H. The van der Waals surface area contributed by atoms with Crippen LogP contribution in [0.3, 0.4) is 0 Å². The second kappa shape index (κ2) is 1.58. The largest absolute Gasteiger partial charge is 0.447 e. The molecule has 8 heteroatoms. The van der Waals surface area contributed by atoms with Gasteiger partial charge in [-0.1, -0.05) is 0 Å². The van der Waals surface area contributed by atoms with Gasteiger partial charge in [-0.3, -0.25) is 0 Å². The molecule has 0 atom stereocenters. The Balaban J connectivity index is 2.85. The Morgan fingerprint density at radius 2 is 1.50 bits per heavy atom. The topological polar surface area (TPSA) is 49.7 Å². The lowest BCUT2D eigenvalue weighted by molar-refractivity contribution is -0.325. The van der Waals surface area contributed by atoms with Crippen LogP contribution in [0.2, 0.25) is 0 Å². The van der Waals surface area contributed by atoms with Crippen LogP contribution in [0, 0.1) is 0 Å². The Kier molecular flexibility index (Phi) is 1.27. The Labute approximate surface area is 54.1 Å². The zero-order chi connectivity index (χ0) is 8.21. The molecule has 0 aromatic carbocycles. The fraction of sp³-hybridized carbons (Fsp3) is 1.00. The summed E-state index contributed by atoms with van der Waals surface area (Å²) in [5.41, 5.74) is 0. The summed E-state index contributed by atoms with van der Waals surface area (Å²) in [6, 6.07) is 0. The predicted octanol–water partition coefficient (Wildman–Crippen LogP) is 1.87. The fourth-order valence-electron chi connectivity index (χ4n) is 0.368. The first-order valence-corrected chi connectivity index (χ1v) is 3.42. The van der Waals surface area contributed by atoms with Gasteiger partial charge in [-0.15, -0.1) is 0 Å². The lowest BCUT2D eigenvalue weighted by Crippen LogP contribution is -2.57. The molecule has 1 rings (SSSR count). The molecule has 1 heterocycles. The van der Waals surface area contributed by atoms with Gasteiger partial charge in [-0.05, 0) is 0 Å². The van der Waals surface area contributed by atoms with Gasteiger partial charge < -0.3 is 9.11 Å². The summed E-state index contributed by atoms with van der Waals surface area (Å²) in [5.74, 6) is 0. The van der Waals surface area contributed by atoms with E-state index >= 15 is 0 Å². The minimum atomic E-state index is -4.85. The third-order valence-corrected chi connectivity index (χ3v) is 2.24. The van der Waals surface area contributed by atoms with Gasteiger partial charge >= 0.3 is 11.4 Å². The summed E-state index contributed by atoms with van der Waals surface area (Å²) in [6.07, 6.45) is -4.74. The van der Waals surface area contributed by atoms with E-state index in [1.165, 1.54) is 0 Å². The molecule has 0 radical (unpaired) electrons. The number of halogens is 4. The molecule has 0 amide bonds. The van der Waals surface area contributed by atoms with Crippen LogP contribution < -0.4 is 0 Å². The Morgan fingerprint density at radius 3 is 1.50 bits per heavy atom. The van der Waals surface area contributed by atoms with Gasteiger partial charge in [0.05, 0.1) is 0 Å².